The molecule has 6 atom stereocenters. The van der Waals surface area contributed by atoms with Crippen LogP contribution in [0.25, 0.3) is 0 Å². The van der Waals surface area contributed by atoms with E-state index in [0.717, 1.165) is 63.5 Å². The molecule has 0 amide bonds. The standard InChI is InChI=1S/C28H44O5/c1-5-6-7-10-22(29)12-13-24-25-16-23(30)15-21(25)14-20-9-8-11-26(28(20)24)32-17-27(31)33-19(4)18(2)3/h8-9,11,18-19,21-25,29-30H,5-7,10,12-17H2,1-4H3. The molecule has 6 unspecified atom stereocenters. The second-order valence-corrected chi connectivity index (χ2v) is 10.6. The molecule has 0 spiro atoms. The highest BCUT2D eigenvalue weighted by atomic mass is 16.6. The van der Waals surface area contributed by atoms with Crippen molar-refractivity contribution in [1.82, 2.24) is 0 Å². The molecule has 2 N–H and O–H groups in total. The molecule has 2 aliphatic carbocycles. The van der Waals surface area contributed by atoms with Crippen LogP contribution in [0.4, 0.5) is 0 Å². The van der Waals surface area contributed by atoms with Gasteiger partial charge in [0, 0.05) is 5.56 Å². The fraction of sp³-hybridized carbons (Fsp3) is 0.750. The summed E-state index contributed by atoms with van der Waals surface area (Å²) in [6, 6.07) is 6.11. The van der Waals surface area contributed by atoms with E-state index in [1.165, 1.54) is 11.1 Å². The number of fused-ring (bicyclic) bond motifs is 2. The molecular weight excluding hydrogens is 416 g/mol. The smallest absolute Gasteiger partial charge is 0.344 e. The summed E-state index contributed by atoms with van der Waals surface area (Å²) in [5.74, 6) is 1.78. The van der Waals surface area contributed by atoms with E-state index in [1.54, 1.807) is 0 Å². The summed E-state index contributed by atoms with van der Waals surface area (Å²) in [7, 11) is 0. The molecule has 1 fully saturated rings. The van der Waals surface area contributed by atoms with Gasteiger partial charge in [-0.2, -0.15) is 0 Å². The lowest BCUT2D eigenvalue weighted by Gasteiger charge is -2.37. The Bertz CT molecular complexity index is 761. The third-order valence-electron chi connectivity index (χ3n) is 7.80. The maximum atomic E-state index is 12.3. The first-order valence-corrected chi connectivity index (χ1v) is 13.1. The highest BCUT2D eigenvalue weighted by Crippen LogP contribution is 2.52. The number of benzene rings is 1. The lowest BCUT2D eigenvalue weighted by Crippen LogP contribution is -2.28. The number of unbranched alkanes of at least 4 members (excludes halogenated alkanes) is 2. The van der Waals surface area contributed by atoms with Gasteiger partial charge < -0.3 is 19.7 Å². The van der Waals surface area contributed by atoms with Crippen LogP contribution in [-0.4, -0.2) is 41.1 Å². The van der Waals surface area contributed by atoms with Crippen LogP contribution in [0.5, 0.6) is 5.75 Å². The maximum absolute atomic E-state index is 12.3. The zero-order chi connectivity index (χ0) is 24.0. The average molecular weight is 461 g/mol. The van der Waals surface area contributed by atoms with Crippen LogP contribution >= 0.6 is 0 Å². The van der Waals surface area contributed by atoms with Crippen molar-refractivity contribution in [1.29, 1.82) is 0 Å². The van der Waals surface area contributed by atoms with Gasteiger partial charge in [0.25, 0.3) is 0 Å². The van der Waals surface area contributed by atoms with Gasteiger partial charge in [0.15, 0.2) is 6.61 Å². The van der Waals surface area contributed by atoms with E-state index >= 15 is 0 Å². The van der Waals surface area contributed by atoms with Crippen molar-refractivity contribution >= 4 is 5.97 Å². The second kappa shape index (κ2) is 12.2. The van der Waals surface area contributed by atoms with Crippen LogP contribution in [0.1, 0.15) is 96.1 Å². The maximum Gasteiger partial charge on any atom is 0.344 e. The summed E-state index contributed by atoms with van der Waals surface area (Å²) >= 11 is 0. The molecule has 1 saturated carbocycles. The highest BCUT2D eigenvalue weighted by Gasteiger charge is 2.43. The number of hydrogen-bond acceptors (Lipinski definition) is 5. The van der Waals surface area contributed by atoms with Crippen molar-refractivity contribution in [2.75, 3.05) is 6.61 Å². The van der Waals surface area contributed by atoms with Crippen molar-refractivity contribution in [3.63, 3.8) is 0 Å². The molecule has 0 saturated heterocycles. The summed E-state index contributed by atoms with van der Waals surface area (Å²) < 4.78 is 11.5. The summed E-state index contributed by atoms with van der Waals surface area (Å²) in [4.78, 5) is 12.3. The van der Waals surface area contributed by atoms with E-state index in [0.29, 0.717) is 11.8 Å². The van der Waals surface area contributed by atoms with Gasteiger partial charge in [-0.25, -0.2) is 4.79 Å². The number of hydrogen-bond donors (Lipinski definition) is 2. The van der Waals surface area contributed by atoms with Gasteiger partial charge in [0.05, 0.1) is 12.2 Å². The van der Waals surface area contributed by atoms with Crippen LogP contribution in [0, 0.1) is 17.8 Å². The van der Waals surface area contributed by atoms with Crippen molar-refractivity contribution in [2.24, 2.45) is 17.8 Å². The van der Waals surface area contributed by atoms with Gasteiger partial charge in [-0.05, 0) is 80.8 Å². The van der Waals surface area contributed by atoms with Crippen LogP contribution in [0.15, 0.2) is 18.2 Å². The Morgan fingerprint density at radius 2 is 1.94 bits per heavy atom. The molecule has 3 rings (SSSR count). The van der Waals surface area contributed by atoms with Crippen molar-refractivity contribution in [3.8, 4) is 5.75 Å². The van der Waals surface area contributed by atoms with E-state index < -0.39 is 0 Å². The number of carbonyl (C=O) groups is 1. The van der Waals surface area contributed by atoms with Crippen LogP contribution in [0.2, 0.25) is 0 Å². The van der Waals surface area contributed by atoms with E-state index in [2.05, 4.69) is 13.0 Å². The van der Waals surface area contributed by atoms with Crippen LogP contribution in [-0.2, 0) is 16.0 Å². The lowest BCUT2D eigenvalue weighted by molar-refractivity contribution is -0.152. The molecule has 2 aliphatic rings. The Hall–Kier alpha value is -1.59. The van der Waals surface area contributed by atoms with Gasteiger partial charge >= 0.3 is 5.97 Å². The summed E-state index contributed by atoms with van der Waals surface area (Å²) in [6.07, 6.45) is 7.79. The van der Waals surface area contributed by atoms with Crippen molar-refractivity contribution < 1.29 is 24.5 Å². The number of carbonyl (C=O) groups excluding carboxylic acids is 1. The number of aliphatic hydroxyl groups is 2. The second-order valence-electron chi connectivity index (χ2n) is 10.6. The molecule has 5 heteroatoms. The van der Waals surface area contributed by atoms with Crippen molar-refractivity contribution in [3.05, 3.63) is 29.3 Å². The SMILES string of the molecule is CCCCCC(O)CCC1c2c(cccc2OCC(=O)OC(C)C(C)C)CC2CC(O)CC21. The topological polar surface area (TPSA) is 76.0 Å². The van der Waals surface area contributed by atoms with E-state index in [-0.39, 0.29) is 42.7 Å². The molecule has 186 valence electrons. The van der Waals surface area contributed by atoms with Crippen molar-refractivity contribution in [2.45, 2.75) is 110 Å². The lowest BCUT2D eigenvalue weighted by atomic mass is 9.68. The molecule has 1 aromatic rings. The Kier molecular flexibility index (Phi) is 9.63. The van der Waals surface area contributed by atoms with E-state index in [1.807, 2.05) is 32.9 Å². The number of rotatable bonds is 12. The quantitative estimate of drug-likeness (QED) is 0.323. The Morgan fingerprint density at radius 3 is 2.67 bits per heavy atom. The predicted molar refractivity (Wildman–Crippen MR) is 130 cm³/mol. The monoisotopic (exact) mass is 460 g/mol. The fourth-order valence-corrected chi connectivity index (χ4v) is 5.68. The minimum absolute atomic E-state index is 0.101. The minimum atomic E-state index is -0.346. The largest absolute Gasteiger partial charge is 0.482 e. The molecule has 33 heavy (non-hydrogen) atoms. The third kappa shape index (κ3) is 6.95. The summed E-state index contributed by atoms with van der Waals surface area (Å²) in [5, 5.41) is 21.0. The molecule has 0 aliphatic heterocycles. The molecule has 0 heterocycles. The predicted octanol–water partition coefficient (Wildman–Crippen LogP) is 5.40. The zero-order valence-electron chi connectivity index (χ0n) is 21.0. The van der Waals surface area contributed by atoms with Gasteiger partial charge in [0.1, 0.15) is 11.9 Å². The normalized spacial score (nSPS) is 25.9. The first-order chi connectivity index (χ1) is 15.8. The zero-order valence-corrected chi connectivity index (χ0v) is 21.0. The highest BCUT2D eigenvalue weighted by molar-refractivity contribution is 5.71. The molecule has 5 nitrogen and oxygen atoms in total. The van der Waals surface area contributed by atoms with Crippen LogP contribution < -0.4 is 4.74 Å². The fourth-order valence-electron chi connectivity index (χ4n) is 5.68. The summed E-state index contributed by atoms with van der Waals surface area (Å²) in [6.45, 7) is 8.04. The summed E-state index contributed by atoms with van der Waals surface area (Å²) in [5.41, 5.74) is 2.44. The Labute approximate surface area is 199 Å². The minimum Gasteiger partial charge on any atom is -0.482 e. The molecule has 0 bridgehead atoms. The molecule has 1 aromatic carbocycles. The van der Waals surface area contributed by atoms with Gasteiger partial charge in [-0.15, -0.1) is 0 Å². The van der Waals surface area contributed by atoms with Gasteiger partial charge in [0.2, 0.25) is 0 Å². The Morgan fingerprint density at radius 1 is 1.15 bits per heavy atom. The third-order valence-corrected chi connectivity index (χ3v) is 7.80. The van der Waals surface area contributed by atoms with Gasteiger partial charge in [-0.1, -0.05) is 52.2 Å². The first-order valence-electron chi connectivity index (χ1n) is 13.1. The first kappa shape index (κ1) is 26.0. The Balaban J connectivity index is 1.74. The number of aliphatic hydroxyl groups excluding tert-OH is 2. The van der Waals surface area contributed by atoms with E-state index in [4.69, 9.17) is 9.47 Å². The van der Waals surface area contributed by atoms with Gasteiger partial charge in [-0.3, -0.25) is 0 Å². The average Bonchev–Trinajstić information content (AvgIpc) is 3.14. The molecule has 0 aromatic heterocycles. The van der Waals surface area contributed by atoms with E-state index in [9.17, 15) is 15.0 Å². The number of esters is 1. The number of ether oxygens (including phenoxy) is 2. The van der Waals surface area contributed by atoms with Crippen LogP contribution in [0.3, 0.4) is 0 Å². The molecular formula is C28H44O5. The molecule has 0 radical (unpaired) electrons.